The molecule has 0 radical (unpaired) electrons. The maximum atomic E-state index is 13.6. The minimum atomic E-state index is -4.52. The highest BCUT2D eigenvalue weighted by Gasteiger charge is 2.32. The van der Waals surface area contributed by atoms with Gasteiger partial charge in [0.25, 0.3) is 0 Å². The van der Waals surface area contributed by atoms with Crippen molar-refractivity contribution in [3.63, 3.8) is 0 Å². The van der Waals surface area contributed by atoms with E-state index in [1.165, 1.54) is 36.2 Å². The number of halogens is 3. The summed E-state index contributed by atoms with van der Waals surface area (Å²) in [6, 6.07) is 10.7. The molecule has 0 saturated heterocycles. The summed E-state index contributed by atoms with van der Waals surface area (Å²) in [4.78, 5) is 7.98. The molecule has 3 heterocycles. The number of pyridine rings is 1. The van der Waals surface area contributed by atoms with Gasteiger partial charge in [-0.3, -0.25) is 4.98 Å². The molecule has 1 aliphatic heterocycles. The molecule has 0 saturated carbocycles. The molecular formula is C24H20F3N5O3S2. The van der Waals surface area contributed by atoms with Crippen LogP contribution >= 0.6 is 11.5 Å². The van der Waals surface area contributed by atoms with E-state index >= 15 is 0 Å². The molecule has 8 nitrogen and oxygen atoms in total. The maximum absolute atomic E-state index is 13.6. The number of hydrogen-bond donors (Lipinski definition) is 1. The molecule has 0 fully saturated rings. The van der Waals surface area contributed by atoms with Crippen LogP contribution in [0, 0.1) is 0 Å². The van der Waals surface area contributed by atoms with Crippen LogP contribution in [0.5, 0.6) is 5.75 Å². The summed E-state index contributed by atoms with van der Waals surface area (Å²) in [7, 11) is -2.40. The number of anilines is 1. The molecule has 1 N–H and O–H groups in total. The molecule has 0 bridgehead atoms. The quantitative estimate of drug-likeness (QED) is 0.365. The Labute approximate surface area is 215 Å². The Morgan fingerprint density at radius 2 is 1.92 bits per heavy atom. The minimum Gasteiger partial charge on any atom is -0.495 e. The topological polar surface area (TPSA) is 97.3 Å². The van der Waals surface area contributed by atoms with E-state index in [9.17, 15) is 21.6 Å². The van der Waals surface area contributed by atoms with Gasteiger partial charge in [-0.05, 0) is 52.4 Å². The lowest BCUT2D eigenvalue weighted by Crippen LogP contribution is -2.39. The van der Waals surface area contributed by atoms with Crippen molar-refractivity contribution in [2.45, 2.75) is 19.1 Å². The van der Waals surface area contributed by atoms with E-state index < -0.39 is 21.9 Å². The number of benzene rings is 2. The lowest BCUT2D eigenvalue weighted by atomic mass is 9.87. The normalized spacial score (nSPS) is 14.3. The first kappa shape index (κ1) is 25.1. The van der Waals surface area contributed by atoms with Crippen LogP contribution in [-0.4, -0.2) is 40.7 Å². The number of hydrogen-bond acceptors (Lipinski definition) is 7. The second-order valence-corrected chi connectivity index (χ2v) is 10.7. The summed E-state index contributed by atoms with van der Waals surface area (Å²) < 4.78 is 79.3. The van der Waals surface area contributed by atoms with E-state index in [2.05, 4.69) is 19.1 Å². The SMILES string of the molecule is COc1cncc(-c2cc(C(F)(F)F)ccc2-c2cccc3c2CCN(S(=O)(=O)Nc2ncns2)C3)c1. The first-order valence-electron chi connectivity index (χ1n) is 11.0. The number of rotatable bonds is 6. The molecule has 0 amide bonds. The minimum absolute atomic E-state index is 0.105. The molecule has 5 rings (SSSR count). The van der Waals surface area contributed by atoms with Crippen LogP contribution in [0.25, 0.3) is 22.3 Å². The number of aromatic nitrogens is 3. The van der Waals surface area contributed by atoms with Crippen LogP contribution in [0.1, 0.15) is 16.7 Å². The van der Waals surface area contributed by atoms with Gasteiger partial charge in [0.1, 0.15) is 12.1 Å². The second-order valence-electron chi connectivity index (χ2n) is 8.25. The third-order valence-electron chi connectivity index (χ3n) is 6.05. The number of alkyl halides is 3. The molecule has 0 aliphatic carbocycles. The van der Waals surface area contributed by atoms with Crippen LogP contribution in [-0.2, 0) is 29.4 Å². The van der Waals surface area contributed by atoms with E-state index in [0.717, 1.165) is 40.4 Å². The average molecular weight is 548 g/mol. The Morgan fingerprint density at radius 1 is 1.08 bits per heavy atom. The zero-order valence-corrected chi connectivity index (χ0v) is 21.0. The maximum Gasteiger partial charge on any atom is 0.416 e. The smallest absolute Gasteiger partial charge is 0.416 e. The highest BCUT2D eigenvalue weighted by Crippen LogP contribution is 2.41. The van der Waals surface area contributed by atoms with Crippen molar-refractivity contribution < 1.29 is 26.3 Å². The Bertz CT molecular complexity index is 1540. The fourth-order valence-corrected chi connectivity index (χ4v) is 6.10. The molecule has 0 unspecified atom stereocenters. The van der Waals surface area contributed by atoms with E-state index in [1.54, 1.807) is 12.1 Å². The van der Waals surface area contributed by atoms with E-state index in [4.69, 9.17) is 4.74 Å². The lowest BCUT2D eigenvalue weighted by Gasteiger charge is -2.29. The Balaban J connectivity index is 1.56. The Kier molecular flexibility index (Phi) is 6.60. The number of ether oxygens (including phenoxy) is 1. The van der Waals surface area contributed by atoms with Crippen LogP contribution in [0.15, 0.2) is 61.2 Å². The van der Waals surface area contributed by atoms with Crippen molar-refractivity contribution in [3.05, 3.63) is 77.9 Å². The Hall–Kier alpha value is -3.55. The molecule has 4 aromatic rings. The van der Waals surface area contributed by atoms with Gasteiger partial charge in [-0.25, -0.2) is 9.71 Å². The Morgan fingerprint density at radius 3 is 2.65 bits per heavy atom. The van der Waals surface area contributed by atoms with Crippen molar-refractivity contribution in [1.29, 1.82) is 0 Å². The van der Waals surface area contributed by atoms with Gasteiger partial charge in [0.05, 0.1) is 18.9 Å². The van der Waals surface area contributed by atoms with Gasteiger partial charge < -0.3 is 4.74 Å². The summed E-state index contributed by atoms with van der Waals surface area (Å²) in [6.45, 7) is 0.294. The summed E-state index contributed by atoms with van der Waals surface area (Å²) in [5.74, 6) is 0.416. The molecular weight excluding hydrogens is 527 g/mol. The van der Waals surface area contributed by atoms with Gasteiger partial charge in [0.2, 0.25) is 5.13 Å². The molecule has 192 valence electrons. The lowest BCUT2D eigenvalue weighted by molar-refractivity contribution is -0.137. The van der Waals surface area contributed by atoms with E-state index in [-0.39, 0.29) is 18.2 Å². The van der Waals surface area contributed by atoms with Gasteiger partial charge >= 0.3 is 16.4 Å². The molecule has 13 heteroatoms. The average Bonchev–Trinajstić information content (AvgIpc) is 3.39. The van der Waals surface area contributed by atoms with Crippen molar-refractivity contribution >= 4 is 26.9 Å². The first-order valence-corrected chi connectivity index (χ1v) is 13.2. The monoisotopic (exact) mass is 547 g/mol. The first-order chi connectivity index (χ1) is 17.7. The van der Waals surface area contributed by atoms with Gasteiger partial charge in [0, 0.05) is 36.4 Å². The second kappa shape index (κ2) is 9.72. The largest absolute Gasteiger partial charge is 0.495 e. The molecule has 0 atom stereocenters. The predicted octanol–water partition coefficient (Wildman–Crippen LogP) is 5.01. The van der Waals surface area contributed by atoms with E-state index in [1.807, 2.05) is 12.1 Å². The van der Waals surface area contributed by atoms with Crippen molar-refractivity contribution in [2.75, 3.05) is 18.4 Å². The van der Waals surface area contributed by atoms with Crippen molar-refractivity contribution in [3.8, 4) is 28.0 Å². The fraction of sp³-hybridized carbons (Fsp3) is 0.208. The van der Waals surface area contributed by atoms with E-state index in [0.29, 0.717) is 28.9 Å². The zero-order chi connectivity index (χ0) is 26.2. The summed E-state index contributed by atoms with van der Waals surface area (Å²) in [6.07, 6.45) is 0.0833. The zero-order valence-electron chi connectivity index (χ0n) is 19.4. The molecule has 0 spiro atoms. The third kappa shape index (κ3) is 5.15. The standard InChI is InChI=1S/C24H20F3N5O3S2/c1-35-18-9-16(11-28-12-18)22-10-17(24(25,26)27)5-6-21(22)20-4-2-3-15-13-32(8-7-19(15)20)37(33,34)31-23-29-14-30-36-23/h2-6,9-12,14H,7-8,13H2,1H3,(H,29,30,31). The molecule has 2 aromatic heterocycles. The van der Waals surface area contributed by atoms with Gasteiger partial charge in [-0.1, -0.05) is 24.3 Å². The van der Waals surface area contributed by atoms with Crippen molar-refractivity contribution in [1.82, 2.24) is 18.6 Å². The highest BCUT2D eigenvalue weighted by molar-refractivity contribution is 7.90. The van der Waals surface area contributed by atoms with Gasteiger partial charge in [0.15, 0.2) is 0 Å². The summed E-state index contributed by atoms with van der Waals surface area (Å²) in [5, 5.41) is 0.167. The molecule has 1 aliphatic rings. The summed E-state index contributed by atoms with van der Waals surface area (Å²) >= 11 is 0.932. The number of fused-ring (bicyclic) bond motifs is 1. The molecule has 37 heavy (non-hydrogen) atoms. The third-order valence-corrected chi connectivity index (χ3v) is 8.20. The predicted molar refractivity (Wildman–Crippen MR) is 133 cm³/mol. The van der Waals surface area contributed by atoms with Crippen LogP contribution in [0.4, 0.5) is 18.3 Å². The van der Waals surface area contributed by atoms with Crippen LogP contribution < -0.4 is 9.46 Å². The fourth-order valence-electron chi connectivity index (χ4n) is 4.31. The van der Waals surface area contributed by atoms with Crippen LogP contribution in [0.2, 0.25) is 0 Å². The highest BCUT2D eigenvalue weighted by atomic mass is 32.2. The summed E-state index contributed by atoms with van der Waals surface area (Å²) in [5.41, 5.74) is 3.00. The number of nitrogens with zero attached hydrogens (tertiary/aromatic N) is 4. The van der Waals surface area contributed by atoms with Crippen LogP contribution in [0.3, 0.4) is 0 Å². The number of nitrogens with one attached hydrogen (secondary N) is 1. The molecule has 2 aromatic carbocycles. The van der Waals surface area contributed by atoms with Gasteiger partial charge in [-0.15, -0.1) is 0 Å². The van der Waals surface area contributed by atoms with Gasteiger partial charge in [-0.2, -0.15) is 30.3 Å². The number of methoxy groups -OCH3 is 1. The van der Waals surface area contributed by atoms with Crippen molar-refractivity contribution in [2.24, 2.45) is 0 Å².